The van der Waals surface area contributed by atoms with E-state index in [1.165, 1.54) is 6.26 Å². The van der Waals surface area contributed by atoms with E-state index >= 15 is 0 Å². The first-order valence-electron chi connectivity index (χ1n) is 2.68. The quantitative estimate of drug-likeness (QED) is 0.609. The summed E-state index contributed by atoms with van der Waals surface area (Å²) >= 11 is 0. The van der Waals surface area contributed by atoms with Crippen molar-refractivity contribution in [2.75, 3.05) is 13.2 Å². The molecule has 0 spiro atoms. The topological polar surface area (TPSA) is 42.3 Å². The summed E-state index contributed by atoms with van der Waals surface area (Å²) in [6, 6.07) is 3.37. The lowest BCUT2D eigenvalue weighted by Crippen LogP contribution is -1.98. The highest BCUT2D eigenvalue weighted by Crippen LogP contribution is 2.08. The Balaban J connectivity index is 2.30. The molecule has 0 saturated heterocycles. The standard InChI is InChI=1S/C6H7O3/c7-3-5-9-6-2-1-4-8-6/h1-2,4H,3,5H2. The summed E-state index contributed by atoms with van der Waals surface area (Å²) in [7, 11) is 0. The van der Waals surface area contributed by atoms with Gasteiger partial charge in [-0.3, -0.25) is 0 Å². The molecule has 0 aliphatic heterocycles. The van der Waals surface area contributed by atoms with E-state index in [-0.39, 0.29) is 13.2 Å². The number of furan rings is 1. The molecule has 0 aliphatic carbocycles. The van der Waals surface area contributed by atoms with Crippen LogP contribution in [0.1, 0.15) is 0 Å². The molecule has 1 aromatic heterocycles. The lowest BCUT2D eigenvalue weighted by molar-refractivity contribution is 0.122. The van der Waals surface area contributed by atoms with Gasteiger partial charge in [0, 0.05) is 6.07 Å². The zero-order chi connectivity index (χ0) is 6.53. The summed E-state index contributed by atoms with van der Waals surface area (Å²) in [5.41, 5.74) is 0. The van der Waals surface area contributed by atoms with Crippen LogP contribution in [-0.4, -0.2) is 13.2 Å². The van der Waals surface area contributed by atoms with Crippen molar-refractivity contribution in [1.29, 1.82) is 0 Å². The SMILES string of the molecule is [O]CCOc1ccco1. The van der Waals surface area contributed by atoms with Crippen LogP contribution in [0.4, 0.5) is 0 Å². The summed E-state index contributed by atoms with van der Waals surface area (Å²) in [6.07, 6.45) is 1.50. The predicted molar refractivity (Wildman–Crippen MR) is 29.8 cm³/mol. The van der Waals surface area contributed by atoms with Gasteiger partial charge in [0.2, 0.25) is 0 Å². The molecular weight excluding hydrogens is 120 g/mol. The molecule has 1 aromatic rings. The van der Waals surface area contributed by atoms with E-state index in [9.17, 15) is 5.11 Å². The van der Waals surface area contributed by atoms with Crippen LogP contribution in [0.5, 0.6) is 5.95 Å². The van der Waals surface area contributed by atoms with Crippen molar-refractivity contribution in [2.24, 2.45) is 0 Å². The molecule has 9 heavy (non-hydrogen) atoms. The van der Waals surface area contributed by atoms with Crippen molar-refractivity contribution in [3.8, 4) is 5.95 Å². The molecule has 0 N–H and O–H groups in total. The smallest absolute Gasteiger partial charge is 0.284 e. The Morgan fingerprint density at radius 2 is 2.56 bits per heavy atom. The molecule has 0 amide bonds. The fraction of sp³-hybridized carbons (Fsp3) is 0.333. The molecule has 49 valence electrons. The molecule has 1 heterocycles. The van der Waals surface area contributed by atoms with Crippen LogP contribution in [0, 0.1) is 0 Å². The summed E-state index contributed by atoms with van der Waals surface area (Å²) < 4.78 is 9.59. The van der Waals surface area contributed by atoms with E-state index < -0.39 is 0 Å². The Morgan fingerprint density at radius 3 is 3.11 bits per heavy atom. The lowest BCUT2D eigenvalue weighted by atomic mass is 10.6. The summed E-state index contributed by atoms with van der Waals surface area (Å²) in [4.78, 5) is 0. The normalized spacial score (nSPS) is 9.44. The van der Waals surface area contributed by atoms with Crippen molar-refractivity contribution in [2.45, 2.75) is 0 Å². The van der Waals surface area contributed by atoms with Crippen molar-refractivity contribution in [3.63, 3.8) is 0 Å². The molecule has 0 atom stereocenters. The van der Waals surface area contributed by atoms with Gasteiger partial charge in [0.1, 0.15) is 13.2 Å². The molecule has 0 bridgehead atoms. The van der Waals surface area contributed by atoms with Crippen LogP contribution in [-0.2, 0) is 5.11 Å². The molecule has 1 radical (unpaired) electrons. The van der Waals surface area contributed by atoms with Crippen LogP contribution in [0.3, 0.4) is 0 Å². The van der Waals surface area contributed by atoms with Gasteiger partial charge in [0.25, 0.3) is 5.95 Å². The van der Waals surface area contributed by atoms with E-state index in [0.29, 0.717) is 5.95 Å². The summed E-state index contributed by atoms with van der Waals surface area (Å²) in [5.74, 6) is 0.408. The van der Waals surface area contributed by atoms with Crippen molar-refractivity contribution in [1.82, 2.24) is 0 Å². The Morgan fingerprint density at radius 1 is 1.67 bits per heavy atom. The minimum Gasteiger partial charge on any atom is -0.463 e. The van der Waals surface area contributed by atoms with Crippen LogP contribution in [0.15, 0.2) is 22.8 Å². The zero-order valence-electron chi connectivity index (χ0n) is 4.87. The maximum Gasteiger partial charge on any atom is 0.284 e. The Labute approximate surface area is 52.9 Å². The molecule has 3 heteroatoms. The van der Waals surface area contributed by atoms with Crippen molar-refractivity contribution >= 4 is 0 Å². The average molecular weight is 127 g/mol. The molecule has 3 nitrogen and oxygen atoms in total. The van der Waals surface area contributed by atoms with E-state index in [1.807, 2.05) is 0 Å². The summed E-state index contributed by atoms with van der Waals surface area (Å²) in [6.45, 7) is -0.0613. The maximum atomic E-state index is 9.86. The van der Waals surface area contributed by atoms with Gasteiger partial charge in [0.15, 0.2) is 0 Å². The van der Waals surface area contributed by atoms with Crippen LogP contribution >= 0.6 is 0 Å². The van der Waals surface area contributed by atoms with Gasteiger partial charge >= 0.3 is 0 Å². The van der Waals surface area contributed by atoms with Gasteiger partial charge in [-0.15, -0.1) is 0 Å². The first kappa shape index (κ1) is 6.16. The van der Waals surface area contributed by atoms with Crippen molar-refractivity contribution in [3.05, 3.63) is 18.4 Å². The molecule has 0 aromatic carbocycles. The third-order valence-electron chi connectivity index (χ3n) is 0.823. The van der Waals surface area contributed by atoms with Crippen LogP contribution < -0.4 is 4.74 Å². The van der Waals surface area contributed by atoms with Crippen LogP contribution in [0.2, 0.25) is 0 Å². The Bertz CT molecular complexity index is 145. The number of hydrogen-bond acceptors (Lipinski definition) is 2. The number of ether oxygens (including phenoxy) is 1. The van der Waals surface area contributed by atoms with Gasteiger partial charge in [-0.25, -0.2) is 5.11 Å². The maximum absolute atomic E-state index is 9.86. The van der Waals surface area contributed by atoms with Gasteiger partial charge in [-0.2, -0.15) is 0 Å². The predicted octanol–water partition coefficient (Wildman–Crippen LogP) is 1.09. The van der Waals surface area contributed by atoms with E-state index in [0.717, 1.165) is 0 Å². The monoisotopic (exact) mass is 127 g/mol. The second-order valence-electron chi connectivity index (χ2n) is 1.48. The minimum absolute atomic E-state index is 0.174. The van der Waals surface area contributed by atoms with E-state index in [4.69, 9.17) is 9.15 Å². The van der Waals surface area contributed by atoms with Gasteiger partial charge in [-0.1, -0.05) is 0 Å². The Hall–Kier alpha value is -0.960. The van der Waals surface area contributed by atoms with E-state index in [2.05, 4.69) is 0 Å². The van der Waals surface area contributed by atoms with Crippen LogP contribution in [0.25, 0.3) is 0 Å². The molecule has 0 unspecified atom stereocenters. The second-order valence-corrected chi connectivity index (χ2v) is 1.48. The fourth-order valence-corrected chi connectivity index (χ4v) is 0.488. The largest absolute Gasteiger partial charge is 0.463 e. The highest BCUT2D eigenvalue weighted by Gasteiger charge is 1.91. The van der Waals surface area contributed by atoms with Gasteiger partial charge in [-0.05, 0) is 6.07 Å². The van der Waals surface area contributed by atoms with Gasteiger partial charge < -0.3 is 9.15 Å². The Kier molecular flexibility index (Phi) is 2.15. The zero-order valence-corrected chi connectivity index (χ0v) is 4.87. The van der Waals surface area contributed by atoms with Crippen molar-refractivity contribution < 1.29 is 14.3 Å². The minimum atomic E-state index is -0.235. The number of rotatable bonds is 3. The third kappa shape index (κ3) is 1.77. The molecule has 0 saturated carbocycles. The number of hydrogen-bond donors (Lipinski definition) is 0. The highest BCUT2D eigenvalue weighted by atomic mass is 16.6. The van der Waals surface area contributed by atoms with Gasteiger partial charge in [0.05, 0.1) is 6.26 Å². The molecule has 0 aliphatic rings. The summed E-state index contributed by atoms with van der Waals surface area (Å²) in [5, 5.41) is 9.86. The average Bonchev–Trinajstić information content (AvgIpc) is 2.34. The van der Waals surface area contributed by atoms with E-state index in [1.54, 1.807) is 12.1 Å². The molecule has 1 rings (SSSR count). The highest BCUT2D eigenvalue weighted by molar-refractivity contribution is 5.03. The third-order valence-corrected chi connectivity index (χ3v) is 0.823. The molecule has 0 fully saturated rings. The second kappa shape index (κ2) is 3.14. The first-order chi connectivity index (χ1) is 4.43. The fourth-order valence-electron chi connectivity index (χ4n) is 0.488. The molecular formula is C6H7O3. The lowest BCUT2D eigenvalue weighted by Gasteiger charge is -1.94. The first-order valence-corrected chi connectivity index (χ1v) is 2.68.